The quantitative estimate of drug-likeness (QED) is 0.637. The van der Waals surface area contributed by atoms with Gasteiger partial charge in [0.25, 0.3) is 0 Å². The van der Waals surface area contributed by atoms with Gasteiger partial charge in [0.15, 0.2) is 0 Å². The van der Waals surface area contributed by atoms with Gasteiger partial charge in [0.2, 0.25) is 5.82 Å². The predicted molar refractivity (Wildman–Crippen MR) is 73.0 cm³/mol. The van der Waals surface area contributed by atoms with Gasteiger partial charge in [0.1, 0.15) is 5.69 Å². The van der Waals surface area contributed by atoms with Crippen molar-refractivity contribution in [2.24, 2.45) is 18.7 Å². The summed E-state index contributed by atoms with van der Waals surface area (Å²) in [5.41, 5.74) is 6.31. The van der Waals surface area contributed by atoms with E-state index in [0.717, 1.165) is 19.3 Å². The summed E-state index contributed by atoms with van der Waals surface area (Å²) >= 11 is 0. The Kier molecular flexibility index (Phi) is 4.04. The van der Waals surface area contributed by atoms with Crippen LogP contribution in [0, 0.1) is 23.0 Å². The fourth-order valence-electron chi connectivity index (χ4n) is 2.88. The third-order valence-corrected chi connectivity index (χ3v) is 3.91. The van der Waals surface area contributed by atoms with Crippen molar-refractivity contribution >= 4 is 11.5 Å². The van der Waals surface area contributed by atoms with Crippen LogP contribution in [0.3, 0.4) is 0 Å². The highest BCUT2D eigenvalue weighted by Crippen LogP contribution is 2.32. The lowest BCUT2D eigenvalue weighted by Gasteiger charge is -2.31. The lowest BCUT2D eigenvalue weighted by atomic mass is 9.84. The molecule has 1 fully saturated rings. The third-order valence-electron chi connectivity index (χ3n) is 3.91. The fourth-order valence-corrected chi connectivity index (χ4v) is 2.88. The lowest BCUT2D eigenvalue weighted by molar-refractivity contribution is -0.384. The first-order valence-electron chi connectivity index (χ1n) is 6.69. The zero-order valence-electron chi connectivity index (χ0n) is 11.4. The van der Waals surface area contributed by atoms with Crippen molar-refractivity contribution in [3.63, 3.8) is 0 Å². The van der Waals surface area contributed by atoms with E-state index >= 15 is 0 Å². The molecule has 106 valence electrons. The number of aryl methyl sites for hydroxylation is 2. The highest BCUT2D eigenvalue weighted by molar-refractivity contribution is 5.60. The summed E-state index contributed by atoms with van der Waals surface area (Å²) in [6.07, 6.45) is 4.41. The number of hydrogen-bond donors (Lipinski definition) is 2. The van der Waals surface area contributed by atoms with E-state index in [1.807, 2.05) is 0 Å². The third kappa shape index (κ3) is 2.70. The summed E-state index contributed by atoms with van der Waals surface area (Å²) in [7, 11) is 1.72. The maximum atomic E-state index is 11.1. The maximum absolute atomic E-state index is 11.1. The molecule has 1 aromatic heterocycles. The van der Waals surface area contributed by atoms with Crippen molar-refractivity contribution < 1.29 is 4.92 Å². The molecule has 19 heavy (non-hydrogen) atoms. The van der Waals surface area contributed by atoms with Gasteiger partial charge in [-0.3, -0.25) is 10.1 Å². The van der Waals surface area contributed by atoms with Crippen LogP contribution in [0.4, 0.5) is 11.5 Å². The van der Waals surface area contributed by atoms with E-state index in [-0.39, 0.29) is 16.7 Å². The van der Waals surface area contributed by atoms with Crippen LogP contribution >= 0.6 is 0 Å². The highest BCUT2D eigenvalue weighted by Gasteiger charge is 2.30. The highest BCUT2D eigenvalue weighted by atomic mass is 16.6. The molecular weight excluding hydrogens is 246 g/mol. The van der Waals surface area contributed by atoms with Crippen LogP contribution in [0.5, 0.6) is 0 Å². The second-order valence-corrected chi connectivity index (χ2v) is 5.19. The normalized spacial score (nSPS) is 23.3. The molecule has 0 saturated heterocycles. The monoisotopic (exact) mass is 267 g/mol. The largest absolute Gasteiger partial charge is 0.361 e. The van der Waals surface area contributed by atoms with Gasteiger partial charge in [-0.15, -0.1) is 0 Å². The van der Waals surface area contributed by atoms with E-state index in [0.29, 0.717) is 24.0 Å². The second-order valence-electron chi connectivity index (χ2n) is 5.19. The van der Waals surface area contributed by atoms with E-state index < -0.39 is 0 Å². The number of rotatable bonds is 4. The molecule has 0 aromatic carbocycles. The first-order valence-corrected chi connectivity index (χ1v) is 6.69. The van der Waals surface area contributed by atoms with Crippen LogP contribution in [0.25, 0.3) is 0 Å². The number of nitrogens with one attached hydrogen (secondary N) is 1. The number of nitrogens with two attached hydrogens (primary N) is 1. The molecule has 7 heteroatoms. The van der Waals surface area contributed by atoms with Gasteiger partial charge in [-0.2, -0.15) is 5.10 Å². The van der Waals surface area contributed by atoms with E-state index in [1.54, 1.807) is 18.7 Å². The maximum Gasteiger partial charge on any atom is 0.333 e. The first-order chi connectivity index (χ1) is 9.04. The molecule has 0 bridgehead atoms. The van der Waals surface area contributed by atoms with E-state index in [4.69, 9.17) is 5.73 Å². The van der Waals surface area contributed by atoms with Crippen LogP contribution in [0.1, 0.15) is 31.4 Å². The van der Waals surface area contributed by atoms with Gasteiger partial charge in [-0.25, -0.2) is 4.68 Å². The molecule has 0 amide bonds. The summed E-state index contributed by atoms with van der Waals surface area (Å²) in [5.74, 6) is 0.872. The van der Waals surface area contributed by atoms with Crippen LogP contribution in [-0.4, -0.2) is 27.3 Å². The molecule has 0 aliphatic heterocycles. The van der Waals surface area contributed by atoms with Crippen LogP contribution in [-0.2, 0) is 7.05 Å². The summed E-state index contributed by atoms with van der Waals surface area (Å²) < 4.78 is 1.55. The number of nitro groups is 1. The summed E-state index contributed by atoms with van der Waals surface area (Å²) in [6, 6.07) is 0.201. The zero-order chi connectivity index (χ0) is 14.0. The SMILES string of the molecule is Cc1nn(C)c(NC2CCCCC2CN)c1[N+](=O)[O-]. The lowest BCUT2D eigenvalue weighted by Crippen LogP contribution is -2.37. The molecule has 0 radical (unpaired) electrons. The van der Waals surface area contributed by atoms with Crippen molar-refractivity contribution in [2.75, 3.05) is 11.9 Å². The number of hydrogen-bond acceptors (Lipinski definition) is 5. The Hall–Kier alpha value is -1.63. The Morgan fingerprint density at radius 1 is 1.53 bits per heavy atom. The van der Waals surface area contributed by atoms with E-state index in [1.165, 1.54) is 6.42 Å². The van der Waals surface area contributed by atoms with Crippen molar-refractivity contribution in [1.29, 1.82) is 0 Å². The Bertz CT molecular complexity index is 471. The number of aromatic nitrogens is 2. The minimum absolute atomic E-state index is 0.0730. The Labute approximate surface area is 112 Å². The van der Waals surface area contributed by atoms with Crippen molar-refractivity contribution in [2.45, 2.75) is 38.6 Å². The fraction of sp³-hybridized carbons (Fsp3) is 0.750. The molecule has 1 aliphatic rings. The molecule has 2 rings (SSSR count). The smallest absolute Gasteiger partial charge is 0.333 e. The minimum Gasteiger partial charge on any atom is -0.361 e. The molecule has 0 spiro atoms. The van der Waals surface area contributed by atoms with Gasteiger partial charge in [-0.1, -0.05) is 12.8 Å². The van der Waals surface area contributed by atoms with Gasteiger partial charge >= 0.3 is 5.69 Å². The van der Waals surface area contributed by atoms with Crippen LogP contribution < -0.4 is 11.1 Å². The van der Waals surface area contributed by atoms with Gasteiger partial charge in [0.05, 0.1) is 4.92 Å². The van der Waals surface area contributed by atoms with Gasteiger partial charge < -0.3 is 11.1 Å². The van der Waals surface area contributed by atoms with Crippen molar-refractivity contribution in [3.05, 3.63) is 15.8 Å². The Morgan fingerprint density at radius 2 is 2.21 bits per heavy atom. The van der Waals surface area contributed by atoms with Crippen molar-refractivity contribution in [3.8, 4) is 0 Å². The molecule has 7 nitrogen and oxygen atoms in total. The van der Waals surface area contributed by atoms with E-state index in [2.05, 4.69) is 10.4 Å². The Morgan fingerprint density at radius 3 is 2.84 bits per heavy atom. The summed E-state index contributed by atoms with van der Waals surface area (Å²) in [5, 5.41) is 18.6. The molecule has 1 aromatic rings. The first kappa shape index (κ1) is 13.8. The Balaban J connectivity index is 2.24. The standard InChI is InChI=1S/C12H21N5O2/c1-8-11(17(18)19)12(16(2)15-8)14-10-6-4-3-5-9(10)7-13/h9-10,14H,3-7,13H2,1-2H3. The average Bonchev–Trinajstić information content (AvgIpc) is 2.65. The molecule has 2 atom stereocenters. The van der Waals surface area contributed by atoms with Crippen LogP contribution in [0.15, 0.2) is 0 Å². The molecule has 2 unspecified atom stereocenters. The van der Waals surface area contributed by atoms with Crippen LogP contribution in [0.2, 0.25) is 0 Å². The number of anilines is 1. The minimum atomic E-state index is -0.370. The number of nitrogens with zero attached hydrogens (tertiary/aromatic N) is 3. The molecule has 1 aliphatic carbocycles. The van der Waals surface area contributed by atoms with E-state index in [9.17, 15) is 10.1 Å². The summed E-state index contributed by atoms with van der Waals surface area (Å²) in [6.45, 7) is 2.27. The molecular formula is C12H21N5O2. The molecule has 3 N–H and O–H groups in total. The topological polar surface area (TPSA) is 99.0 Å². The van der Waals surface area contributed by atoms with Gasteiger partial charge in [-0.05, 0) is 32.2 Å². The van der Waals surface area contributed by atoms with Crippen molar-refractivity contribution in [1.82, 2.24) is 9.78 Å². The van der Waals surface area contributed by atoms with Gasteiger partial charge in [0, 0.05) is 13.1 Å². The summed E-state index contributed by atoms with van der Waals surface area (Å²) in [4.78, 5) is 10.8. The predicted octanol–water partition coefficient (Wildman–Crippen LogP) is 1.57. The average molecular weight is 267 g/mol. The second kappa shape index (κ2) is 5.56. The molecule has 1 heterocycles. The molecule has 1 saturated carbocycles. The zero-order valence-corrected chi connectivity index (χ0v) is 11.4.